The number of aromatic nitrogens is 7. The highest BCUT2D eigenvalue weighted by Crippen LogP contribution is 2.32. The van der Waals surface area contributed by atoms with Gasteiger partial charge in [-0.05, 0) is 77.0 Å². The summed E-state index contributed by atoms with van der Waals surface area (Å²) in [6.07, 6.45) is 12.2. The van der Waals surface area contributed by atoms with E-state index in [0.717, 1.165) is 83.2 Å². The van der Waals surface area contributed by atoms with E-state index in [-0.39, 0.29) is 12.3 Å². The highest BCUT2D eigenvalue weighted by molar-refractivity contribution is 5.93. The van der Waals surface area contributed by atoms with Gasteiger partial charge in [-0.1, -0.05) is 23.8 Å². The SMILES string of the molecule is CC(C)(C)OC(=O)N(Cc1cc2cnc(Cn3cc(-c4cccc5c4cnn5C4CCCCO4)nn3)cc2[nH]1)CC1CCC1. The Kier molecular flexibility index (Phi) is 7.57. The molecule has 1 unspecified atom stereocenters. The molecule has 44 heavy (non-hydrogen) atoms. The molecule has 1 aromatic carbocycles. The molecule has 0 radical (unpaired) electrons. The first kappa shape index (κ1) is 28.5. The van der Waals surface area contributed by atoms with Gasteiger partial charge in [-0.3, -0.25) is 4.98 Å². The first-order chi connectivity index (χ1) is 21.3. The highest BCUT2D eigenvalue weighted by atomic mass is 16.6. The first-order valence-electron chi connectivity index (χ1n) is 15.7. The van der Waals surface area contributed by atoms with Crippen LogP contribution in [0.2, 0.25) is 0 Å². The van der Waals surface area contributed by atoms with Gasteiger partial charge in [-0.2, -0.15) is 5.10 Å². The molecule has 11 nitrogen and oxygen atoms in total. The number of hydrogen-bond donors (Lipinski definition) is 1. The smallest absolute Gasteiger partial charge is 0.410 e. The van der Waals surface area contributed by atoms with Crippen molar-refractivity contribution in [1.29, 1.82) is 0 Å². The van der Waals surface area contributed by atoms with Crippen molar-refractivity contribution in [3.63, 3.8) is 0 Å². The fourth-order valence-electron chi connectivity index (χ4n) is 6.13. The van der Waals surface area contributed by atoms with Crippen LogP contribution in [0.1, 0.15) is 76.9 Å². The number of amides is 1. The normalized spacial score (nSPS) is 17.7. The van der Waals surface area contributed by atoms with Crippen LogP contribution in [-0.2, 0) is 22.6 Å². The maximum absolute atomic E-state index is 13.0. The number of rotatable bonds is 8. The van der Waals surface area contributed by atoms with Crippen LogP contribution >= 0.6 is 0 Å². The maximum Gasteiger partial charge on any atom is 0.410 e. The van der Waals surface area contributed by atoms with Crippen LogP contribution in [0.3, 0.4) is 0 Å². The monoisotopic (exact) mass is 596 g/mol. The largest absolute Gasteiger partial charge is 0.444 e. The van der Waals surface area contributed by atoms with E-state index >= 15 is 0 Å². The van der Waals surface area contributed by atoms with Crippen molar-refractivity contribution >= 4 is 27.9 Å². The molecule has 1 saturated heterocycles. The van der Waals surface area contributed by atoms with Crippen LogP contribution in [0, 0.1) is 5.92 Å². The minimum absolute atomic E-state index is 0.0233. The summed E-state index contributed by atoms with van der Waals surface area (Å²) in [4.78, 5) is 23.0. The predicted molar refractivity (Wildman–Crippen MR) is 167 cm³/mol. The molecule has 1 atom stereocenters. The van der Waals surface area contributed by atoms with Gasteiger partial charge in [0, 0.05) is 46.9 Å². The Bertz CT molecular complexity index is 1770. The average molecular weight is 597 g/mol. The zero-order valence-corrected chi connectivity index (χ0v) is 25.7. The number of aromatic amines is 1. The van der Waals surface area contributed by atoms with Gasteiger partial charge in [-0.15, -0.1) is 5.10 Å². The Balaban J connectivity index is 1.07. The number of benzene rings is 1. The van der Waals surface area contributed by atoms with E-state index in [1.807, 2.05) is 65.8 Å². The van der Waals surface area contributed by atoms with Crippen LogP contribution in [0.5, 0.6) is 0 Å². The van der Waals surface area contributed by atoms with Gasteiger partial charge in [-0.25, -0.2) is 14.2 Å². The number of fused-ring (bicyclic) bond motifs is 2. The molecule has 1 N–H and O–H groups in total. The number of nitrogens with one attached hydrogen (secondary N) is 1. The topological polar surface area (TPSA) is 116 Å². The third-order valence-electron chi connectivity index (χ3n) is 8.54. The Morgan fingerprint density at radius 1 is 1.14 bits per heavy atom. The van der Waals surface area contributed by atoms with Crippen molar-refractivity contribution in [2.24, 2.45) is 5.92 Å². The average Bonchev–Trinajstić information content (AvgIpc) is 3.71. The van der Waals surface area contributed by atoms with Crippen LogP contribution in [0.15, 0.2) is 48.9 Å². The van der Waals surface area contributed by atoms with E-state index in [2.05, 4.69) is 38.6 Å². The molecule has 1 aliphatic carbocycles. The quantitative estimate of drug-likeness (QED) is 0.219. The number of ether oxygens (including phenoxy) is 2. The van der Waals surface area contributed by atoms with Crippen molar-refractivity contribution in [1.82, 2.24) is 39.6 Å². The van der Waals surface area contributed by atoms with Gasteiger partial charge >= 0.3 is 6.09 Å². The Labute approximate surface area is 256 Å². The van der Waals surface area contributed by atoms with Crippen molar-refractivity contribution in [3.05, 3.63) is 60.3 Å². The molecule has 0 spiro atoms. The number of carbonyl (C=O) groups excluding carboxylic acids is 1. The molecular weight excluding hydrogens is 556 g/mol. The second kappa shape index (κ2) is 11.7. The molecule has 11 heteroatoms. The van der Waals surface area contributed by atoms with Gasteiger partial charge in [0.1, 0.15) is 11.3 Å². The van der Waals surface area contributed by atoms with Crippen LogP contribution in [0.25, 0.3) is 33.1 Å². The summed E-state index contributed by atoms with van der Waals surface area (Å²) in [7, 11) is 0. The number of pyridine rings is 1. The second-order valence-electron chi connectivity index (χ2n) is 13.2. The third kappa shape index (κ3) is 6.06. The summed E-state index contributed by atoms with van der Waals surface area (Å²) in [6, 6.07) is 10.3. The van der Waals surface area contributed by atoms with Crippen molar-refractivity contribution in [3.8, 4) is 11.3 Å². The molecule has 230 valence electrons. The molecule has 1 saturated carbocycles. The minimum atomic E-state index is -0.534. The predicted octanol–water partition coefficient (Wildman–Crippen LogP) is 6.46. The van der Waals surface area contributed by atoms with Crippen molar-refractivity contribution < 1.29 is 14.3 Å². The fraction of sp³-hybridized carbons (Fsp3) is 0.485. The molecule has 7 rings (SSSR count). The number of hydrogen-bond acceptors (Lipinski definition) is 7. The lowest BCUT2D eigenvalue weighted by Gasteiger charge is -2.33. The molecule has 0 bridgehead atoms. The van der Waals surface area contributed by atoms with Crippen molar-refractivity contribution in [2.75, 3.05) is 13.2 Å². The summed E-state index contributed by atoms with van der Waals surface area (Å²) in [5.74, 6) is 0.543. The maximum atomic E-state index is 13.0. The van der Waals surface area contributed by atoms with Crippen LogP contribution < -0.4 is 0 Å². The second-order valence-corrected chi connectivity index (χ2v) is 13.2. The molecular formula is C33H40N8O3. The van der Waals surface area contributed by atoms with E-state index in [1.54, 1.807) is 0 Å². The zero-order chi connectivity index (χ0) is 30.3. The minimum Gasteiger partial charge on any atom is -0.444 e. The van der Waals surface area contributed by atoms with Crippen molar-refractivity contribution in [2.45, 2.75) is 84.2 Å². The van der Waals surface area contributed by atoms with Gasteiger partial charge in [0.2, 0.25) is 0 Å². The Morgan fingerprint density at radius 3 is 2.80 bits per heavy atom. The van der Waals surface area contributed by atoms with E-state index in [9.17, 15) is 4.79 Å². The van der Waals surface area contributed by atoms with E-state index in [0.29, 0.717) is 25.6 Å². The Morgan fingerprint density at radius 2 is 2.02 bits per heavy atom. The molecule has 2 aliphatic rings. The summed E-state index contributed by atoms with van der Waals surface area (Å²) >= 11 is 0. The fourth-order valence-corrected chi connectivity index (χ4v) is 6.13. The van der Waals surface area contributed by atoms with Gasteiger partial charge in [0.05, 0.1) is 36.7 Å². The van der Waals surface area contributed by atoms with Gasteiger partial charge in [0.25, 0.3) is 0 Å². The third-order valence-corrected chi connectivity index (χ3v) is 8.54. The van der Waals surface area contributed by atoms with E-state index in [1.165, 1.54) is 6.42 Å². The Hall–Kier alpha value is -4.25. The zero-order valence-electron chi connectivity index (χ0n) is 25.7. The molecule has 2 fully saturated rings. The van der Waals surface area contributed by atoms with Gasteiger partial charge < -0.3 is 19.4 Å². The summed E-state index contributed by atoms with van der Waals surface area (Å²) in [5.41, 5.74) is 5.08. The van der Waals surface area contributed by atoms with E-state index < -0.39 is 5.60 Å². The number of H-pyrrole nitrogens is 1. The van der Waals surface area contributed by atoms with E-state index in [4.69, 9.17) is 14.5 Å². The highest BCUT2D eigenvalue weighted by Gasteiger charge is 2.28. The number of nitrogens with zero attached hydrogens (tertiary/aromatic N) is 7. The van der Waals surface area contributed by atoms with Crippen LogP contribution in [-0.4, -0.2) is 64.5 Å². The summed E-state index contributed by atoms with van der Waals surface area (Å²) in [6.45, 7) is 8.15. The first-order valence-corrected chi connectivity index (χ1v) is 15.7. The molecule has 5 heterocycles. The lowest BCUT2D eigenvalue weighted by molar-refractivity contribution is -0.0366. The molecule has 1 aliphatic heterocycles. The molecule has 1 amide bonds. The molecule has 5 aromatic rings. The van der Waals surface area contributed by atoms with Crippen LogP contribution in [0.4, 0.5) is 4.79 Å². The summed E-state index contributed by atoms with van der Waals surface area (Å²) < 4.78 is 15.5. The molecule has 4 aromatic heterocycles. The lowest BCUT2D eigenvalue weighted by atomic mass is 9.85. The number of carbonyl (C=O) groups is 1. The lowest BCUT2D eigenvalue weighted by Crippen LogP contribution is -2.40. The van der Waals surface area contributed by atoms with Gasteiger partial charge in [0.15, 0.2) is 6.23 Å². The standard InChI is InChI=1S/C33H40N8O3/c1-33(2,3)44-32(42)39(18-22-8-6-9-22)19-25-14-23-16-34-24(15-28(23)36-25)20-40-21-29(37-38-40)26-10-7-11-30-27(26)17-35-41(30)31-12-4-5-13-43-31/h7,10-11,14-17,21-22,31,36H,4-6,8-9,12-13,18-20H2,1-3H3. The summed E-state index contributed by atoms with van der Waals surface area (Å²) in [5, 5.41) is 15.6.